The lowest BCUT2D eigenvalue weighted by Gasteiger charge is -2.06. The Morgan fingerprint density at radius 3 is 2.21 bits per heavy atom. The third kappa shape index (κ3) is 4.87. The normalized spacial score (nSPS) is 10.0. The monoisotopic (exact) mass is 331 g/mol. The van der Waals surface area contributed by atoms with Crippen LogP contribution in [0.1, 0.15) is 5.56 Å². The van der Waals surface area contributed by atoms with Crippen molar-refractivity contribution in [3.63, 3.8) is 0 Å². The zero-order chi connectivity index (χ0) is 17.5. The molecule has 7 nitrogen and oxygen atoms in total. The Kier molecular flexibility index (Phi) is 5.56. The second kappa shape index (κ2) is 7.82. The lowest BCUT2D eigenvalue weighted by atomic mass is 10.1. The first-order chi connectivity index (χ1) is 11.5. The Morgan fingerprint density at radius 1 is 1.00 bits per heavy atom. The first-order valence-corrected chi connectivity index (χ1v) is 7.04. The van der Waals surface area contributed by atoms with Crippen molar-refractivity contribution >= 4 is 23.2 Å². The van der Waals surface area contributed by atoms with E-state index in [2.05, 4.69) is 10.6 Å². The summed E-state index contributed by atoms with van der Waals surface area (Å²) in [6.07, 6.45) is 0.455. The molecule has 0 saturated heterocycles. The number of hydrogen-bond donors (Lipinski definition) is 2. The average Bonchev–Trinajstić information content (AvgIpc) is 2.57. The molecule has 0 spiro atoms. The molecule has 2 rings (SSSR count). The molecule has 24 heavy (non-hydrogen) atoms. The summed E-state index contributed by atoms with van der Waals surface area (Å²) in [5, 5.41) is 15.3. The third-order valence-electron chi connectivity index (χ3n) is 3.15. The van der Waals surface area contributed by atoms with Gasteiger partial charge in [-0.25, -0.2) is 4.39 Å². The maximum absolute atomic E-state index is 12.8. The van der Waals surface area contributed by atoms with E-state index in [-0.39, 0.29) is 23.7 Å². The summed E-state index contributed by atoms with van der Waals surface area (Å²) in [7, 11) is 0. The van der Waals surface area contributed by atoms with Gasteiger partial charge in [0, 0.05) is 24.4 Å². The van der Waals surface area contributed by atoms with Gasteiger partial charge in [-0.2, -0.15) is 0 Å². The highest BCUT2D eigenvalue weighted by Gasteiger charge is 2.13. The third-order valence-corrected chi connectivity index (χ3v) is 3.15. The van der Waals surface area contributed by atoms with Gasteiger partial charge in [-0.1, -0.05) is 12.1 Å². The smallest absolute Gasteiger partial charge is 0.313 e. The number of carbonyl (C=O) groups is 2. The lowest BCUT2D eigenvalue weighted by Crippen LogP contribution is -2.36. The summed E-state index contributed by atoms with van der Waals surface area (Å²) >= 11 is 0. The van der Waals surface area contributed by atoms with Crippen molar-refractivity contribution in [3.8, 4) is 0 Å². The van der Waals surface area contributed by atoms with Gasteiger partial charge in [-0.15, -0.1) is 0 Å². The molecule has 0 aliphatic rings. The second-order valence-corrected chi connectivity index (χ2v) is 4.89. The Balaban J connectivity index is 1.80. The van der Waals surface area contributed by atoms with Crippen molar-refractivity contribution in [2.45, 2.75) is 6.42 Å². The van der Waals surface area contributed by atoms with Crippen molar-refractivity contribution < 1.29 is 18.9 Å². The highest BCUT2D eigenvalue weighted by atomic mass is 19.1. The van der Waals surface area contributed by atoms with Crippen molar-refractivity contribution in [3.05, 3.63) is 70.0 Å². The molecule has 8 heteroatoms. The quantitative estimate of drug-likeness (QED) is 0.497. The first-order valence-electron chi connectivity index (χ1n) is 7.04. The van der Waals surface area contributed by atoms with Gasteiger partial charge < -0.3 is 10.6 Å². The van der Waals surface area contributed by atoms with Crippen LogP contribution in [-0.2, 0) is 16.0 Å². The van der Waals surface area contributed by atoms with Crippen LogP contribution in [0.2, 0.25) is 0 Å². The van der Waals surface area contributed by atoms with Crippen LogP contribution < -0.4 is 10.6 Å². The number of hydrogen-bond acceptors (Lipinski definition) is 4. The van der Waals surface area contributed by atoms with Crippen LogP contribution in [0, 0.1) is 15.9 Å². The molecule has 124 valence electrons. The number of nitrogens with zero attached hydrogens (tertiary/aromatic N) is 1. The van der Waals surface area contributed by atoms with E-state index in [9.17, 15) is 24.1 Å². The minimum absolute atomic E-state index is 0.114. The van der Waals surface area contributed by atoms with Gasteiger partial charge in [0.05, 0.1) is 4.92 Å². The summed E-state index contributed by atoms with van der Waals surface area (Å²) in [5.74, 6) is -2.04. The molecular formula is C16H14FN3O4. The largest absolute Gasteiger partial charge is 0.347 e. The molecule has 0 aliphatic carbocycles. The Morgan fingerprint density at radius 2 is 1.62 bits per heavy atom. The molecule has 0 aliphatic heterocycles. The predicted octanol–water partition coefficient (Wildman–Crippen LogP) is 2.03. The molecule has 0 unspecified atom stereocenters. The number of rotatable bonds is 5. The van der Waals surface area contributed by atoms with Gasteiger partial charge in [0.15, 0.2) is 0 Å². The van der Waals surface area contributed by atoms with Crippen LogP contribution in [0.5, 0.6) is 0 Å². The van der Waals surface area contributed by atoms with Crippen LogP contribution >= 0.6 is 0 Å². The zero-order valence-corrected chi connectivity index (χ0v) is 12.5. The Bertz CT molecular complexity index is 745. The molecule has 0 aromatic heterocycles. The number of amides is 2. The number of anilines is 1. The lowest BCUT2D eigenvalue weighted by molar-refractivity contribution is -0.384. The fraction of sp³-hybridized carbons (Fsp3) is 0.125. The van der Waals surface area contributed by atoms with E-state index in [1.165, 1.54) is 36.4 Å². The van der Waals surface area contributed by atoms with E-state index >= 15 is 0 Å². The summed E-state index contributed by atoms with van der Waals surface area (Å²) in [6.45, 7) is 0.220. The molecule has 0 fully saturated rings. The molecule has 0 heterocycles. The highest BCUT2D eigenvalue weighted by molar-refractivity contribution is 6.39. The van der Waals surface area contributed by atoms with E-state index in [1.54, 1.807) is 12.1 Å². The molecule has 0 atom stereocenters. The molecule has 2 aromatic rings. The zero-order valence-electron chi connectivity index (χ0n) is 12.5. The molecular weight excluding hydrogens is 317 g/mol. The van der Waals surface area contributed by atoms with E-state index in [0.29, 0.717) is 6.42 Å². The van der Waals surface area contributed by atoms with Gasteiger partial charge in [-0.3, -0.25) is 19.7 Å². The molecule has 0 bridgehead atoms. The number of halogens is 1. The predicted molar refractivity (Wildman–Crippen MR) is 84.8 cm³/mol. The number of nitrogens with one attached hydrogen (secondary N) is 2. The van der Waals surface area contributed by atoms with Crippen molar-refractivity contribution in [1.82, 2.24) is 5.32 Å². The van der Waals surface area contributed by atoms with E-state index in [4.69, 9.17) is 0 Å². The highest BCUT2D eigenvalue weighted by Crippen LogP contribution is 2.15. The molecule has 2 N–H and O–H groups in total. The van der Waals surface area contributed by atoms with Gasteiger partial charge >= 0.3 is 11.8 Å². The Labute approximate surface area is 136 Å². The molecule has 0 saturated carbocycles. The number of non-ortho nitro benzene ring substituents is 1. The Hall–Kier alpha value is -3.29. The fourth-order valence-corrected chi connectivity index (χ4v) is 1.91. The standard InChI is InChI=1S/C16H14FN3O4/c17-12-3-1-11(2-4-12)9-10-18-15(21)16(22)19-13-5-7-14(8-6-13)20(23)24/h1-8H,9-10H2,(H,18,21)(H,19,22). The number of nitro benzene ring substituents is 1. The van der Waals surface area contributed by atoms with Gasteiger partial charge in [-0.05, 0) is 36.2 Å². The maximum Gasteiger partial charge on any atom is 0.313 e. The van der Waals surface area contributed by atoms with Crippen molar-refractivity contribution in [2.24, 2.45) is 0 Å². The average molecular weight is 331 g/mol. The maximum atomic E-state index is 12.8. The fourth-order valence-electron chi connectivity index (χ4n) is 1.91. The molecule has 2 amide bonds. The number of nitro groups is 1. The molecule has 0 radical (unpaired) electrons. The van der Waals surface area contributed by atoms with Crippen molar-refractivity contribution in [1.29, 1.82) is 0 Å². The minimum atomic E-state index is -0.872. The van der Waals surface area contributed by atoms with E-state index in [0.717, 1.165) is 5.56 Å². The second-order valence-electron chi connectivity index (χ2n) is 4.89. The number of carbonyl (C=O) groups excluding carboxylic acids is 2. The van der Waals surface area contributed by atoms with Crippen molar-refractivity contribution in [2.75, 3.05) is 11.9 Å². The minimum Gasteiger partial charge on any atom is -0.347 e. The van der Waals surface area contributed by atoms with Gasteiger partial charge in [0.2, 0.25) is 0 Å². The first kappa shape index (κ1) is 17.1. The van der Waals surface area contributed by atoms with Crippen LogP contribution in [-0.4, -0.2) is 23.3 Å². The SMILES string of the molecule is O=C(NCCc1ccc(F)cc1)C(=O)Nc1ccc([N+](=O)[O-])cc1. The number of benzene rings is 2. The van der Waals surface area contributed by atoms with Crippen LogP contribution in [0.15, 0.2) is 48.5 Å². The topological polar surface area (TPSA) is 101 Å². The van der Waals surface area contributed by atoms with Crippen LogP contribution in [0.25, 0.3) is 0 Å². The molecule has 2 aromatic carbocycles. The summed E-state index contributed by atoms with van der Waals surface area (Å²) in [6, 6.07) is 10.9. The van der Waals surface area contributed by atoms with Crippen LogP contribution in [0.3, 0.4) is 0 Å². The van der Waals surface area contributed by atoms with Gasteiger partial charge in [0.1, 0.15) is 5.82 Å². The summed E-state index contributed by atoms with van der Waals surface area (Å²) in [5.41, 5.74) is 0.989. The van der Waals surface area contributed by atoms with Gasteiger partial charge in [0.25, 0.3) is 5.69 Å². The van der Waals surface area contributed by atoms with E-state index < -0.39 is 16.7 Å². The summed E-state index contributed by atoms with van der Waals surface area (Å²) in [4.78, 5) is 33.4. The van der Waals surface area contributed by atoms with E-state index in [1.807, 2.05) is 0 Å². The van der Waals surface area contributed by atoms with Crippen LogP contribution in [0.4, 0.5) is 15.8 Å². The summed E-state index contributed by atoms with van der Waals surface area (Å²) < 4.78 is 12.8.